The molecule has 70 valence electrons. The first-order chi connectivity index (χ1) is 6.02. The molecule has 1 rings (SSSR count). The van der Waals surface area contributed by atoms with E-state index < -0.39 is 0 Å². The predicted octanol–water partition coefficient (Wildman–Crippen LogP) is 3.19. The maximum atomic E-state index is 11.3. The fourth-order valence-corrected chi connectivity index (χ4v) is 1.70. The number of Topliss-reactive ketones (excluding diaryl/α,β-unsaturated/α-hetero) is 1. The van der Waals surface area contributed by atoms with Crippen LogP contribution in [0, 0.1) is 0 Å². The van der Waals surface area contributed by atoms with Crippen LogP contribution in [-0.4, -0.2) is 5.78 Å². The molecule has 0 aromatic rings. The maximum absolute atomic E-state index is 11.3. The molecule has 0 spiro atoms. The first-order valence-corrected chi connectivity index (χ1v) is 4.58. The van der Waals surface area contributed by atoms with Crippen molar-refractivity contribution in [3.63, 3.8) is 0 Å². The molecular weight excluding hydrogens is 160 g/mol. The van der Waals surface area contributed by atoms with Crippen molar-refractivity contribution in [2.24, 2.45) is 0 Å². The Morgan fingerprint density at radius 1 is 1.38 bits per heavy atom. The van der Waals surface area contributed by atoms with Gasteiger partial charge in [-0.15, -0.1) is 0 Å². The molecule has 1 nitrogen and oxygen atoms in total. The second-order valence-corrected chi connectivity index (χ2v) is 3.77. The van der Waals surface area contributed by atoms with Crippen LogP contribution >= 0.6 is 0 Å². The van der Waals surface area contributed by atoms with Crippen molar-refractivity contribution in [1.82, 2.24) is 0 Å². The van der Waals surface area contributed by atoms with Crippen LogP contribution in [0.25, 0.3) is 0 Å². The van der Waals surface area contributed by atoms with Gasteiger partial charge in [0.25, 0.3) is 0 Å². The van der Waals surface area contributed by atoms with Crippen LogP contribution in [-0.2, 0) is 4.79 Å². The molecule has 0 aromatic carbocycles. The summed E-state index contributed by atoms with van der Waals surface area (Å²) >= 11 is 0. The van der Waals surface area contributed by atoms with E-state index >= 15 is 0 Å². The lowest BCUT2D eigenvalue weighted by molar-refractivity contribution is -0.113. The van der Waals surface area contributed by atoms with E-state index in [1.54, 1.807) is 6.92 Å². The van der Waals surface area contributed by atoms with Gasteiger partial charge < -0.3 is 0 Å². The summed E-state index contributed by atoms with van der Waals surface area (Å²) in [6.45, 7) is 7.75. The molecule has 0 aliphatic heterocycles. The molecule has 13 heavy (non-hydrogen) atoms. The van der Waals surface area contributed by atoms with Crippen molar-refractivity contribution in [3.05, 3.63) is 34.4 Å². The smallest absolute Gasteiger partial charge is 0.160 e. The Labute approximate surface area is 79.8 Å². The van der Waals surface area contributed by atoms with Gasteiger partial charge in [-0.2, -0.15) is 0 Å². The van der Waals surface area contributed by atoms with Crippen LogP contribution in [0.4, 0.5) is 0 Å². The number of allylic oxidation sites excluding steroid dienone is 6. The maximum Gasteiger partial charge on any atom is 0.160 e. The zero-order valence-corrected chi connectivity index (χ0v) is 8.77. The Balaban J connectivity index is 3.09. The van der Waals surface area contributed by atoms with Crippen molar-refractivity contribution in [2.75, 3.05) is 0 Å². The standard InChI is InChI=1S/C12H16O/c1-8(2)7-11-6-5-9(3)12(11)10(4)13/h5,7H,6H2,1-4H3. The molecule has 0 heterocycles. The van der Waals surface area contributed by atoms with Gasteiger partial charge in [-0.25, -0.2) is 0 Å². The van der Waals surface area contributed by atoms with E-state index in [2.05, 4.69) is 26.0 Å². The molecule has 0 amide bonds. The van der Waals surface area contributed by atoms with Crippen LogP contribution in [0.3, 0.4) is 0 Å². The van der Waals surface area contributed by atoms with Crippen LogP contribution in [0.5, 0.6) is 0 Å². The van der Waals surface area contributed by atoms with Gasteiger partial charge in [0.05, 0.1) is 0 Å². The van der Waals surface area contributed by atoms with E-state index in [4.69, 9.17) is 0 Å². The van der Waals surface area contributed by atoms with Crippen molar-refractivity contribution in [1.29, 1.82) is 0 Å². The fourth-order valence-electron chi connectivity index (χ4n) is 1.70. The number of rotatable bonds is 2. The summed E-state index contributed by atoms with van der Waals surface area (Å²) in [5.74, 6) is 0.179. The SMILES string of the molecule is CC(=O)C1=C(C=C(C)C)CC=C1C. The van der Waals surface area contributed by atoms with E-state index in [1.165, 1.54) is 11.1 Å². The normalized spacial score (nSPS) is 15.8. The molecule has 0 unspecified atom stereocenters. The molecular formula is C12H16O. The summed E-state index contributed by atoms with van der Waals surface area (Å²) < 4.78 is 0. The van der Waals surface area contributed by atoms with E-state index in [1.807, 2.05) is 6.92 Å². The van der Waals surface area contributed by atoms with Gasteiger partial charge in [0.1, 0.15) is 0 Å². The van der Waals surface area contributed by atoms with E-state index in [0.29, 0.717) is 0 Å². The third-order valence-electron chi connectivity index (χ3n) is 2.16. The monoisotopic (exact) mass is 176 g/mol. The molecule has 1 aliphatic rings. The largest absolute Gasteiger partial charge is 0.294 e. The number of hydrogen-bond acceptors (Lipinski definition) is 1. The minimum absolute atomic E-state index is 0.179. The minimum atomic E-state index is 0.179. The highest BCUT2D eigenvalue weighted by atomic mass is 16.1. The van der Waals surface area contributed by atoms with Gasteiger partial charge in [-0.3, -0.25) is 4.79 Å². The molecule has 0 fully saturated rings. The first-order valence-electron chi connectivity index (χ1n) is 4.58. The van der Waals surface area contributed by atoms with Crippen LogP contribution in [0.2, 0.25) is 0 Å². The molecule has 1 aliphatic carbocycles. The number of ketones is 1. The third kappa shape index (κ3) is 2.18. The van der Waals surface area contributed by atoms with Gasteiger partial charge in [-0.1, -0.05) is 17.7 Å². The van der Waals surface area contributed by atoms with Gasteiger partial charge in [0.2, 0.25) is 0 Å². The van der Waals surface area contributed by atoms with Gasteiger partial charge in [0.15, 0.2) is 5.78 Å². The molecule has 0 aromatic heterocycles. The van der Waals surface area contributed by atoms with Crippen molar-refractivity contribution in [2.45, 2.75) is 34.1 Å². The molecule has 1 heteroatoms. The lowest BCUT2D eigenvalue weighted by atomic mass is 10.0. The van der Waals surface area contributed by atoms with Crippen molar-refractivity contribution >= 4 is 5.78 Å². The minimum Gasteiger partial charge on any atom is -0.294 e. The summed E-state index contributed by atoms with van der Waals surface area (Å²) in [7, 11) is 0. The number of hydrogen-bond donors (Lipinski definition) is 0. The molecule has 0 bridgehead atoms. The van der Waals surface area contributed by atoms with Crippen LogP contribution < -0.4 is 0 Å². The Morgan fingerprint density at radius 3 is 2.46 bits per heavy atom. The van der Waals surface area contributed by atoms with Crippen molar-refractivity contribution in [3.8, 4) is 0 Å². The lowest BCUT2D eigenvalue weighted by Gasteiger charge is -2.02. The highest BCUT2D eigenvalue weighted by Crippen LogP contribution is 2.28. The Morgan fingerprint density at radius 2 is 2.00 bits per heavy atom. The van der Waals surface area contributed by atoms with Gasteiger partial charge >= 0.3 is 0 Å². The molecule has 0 saturated carbocycles. The molecule has 0 atom stereocenters. The second-order valence-electron chi connectivity index (χ2n) is 3.77. The Hall–Kier alpha value is -1.11. The highest BCUT2D eigenvalue weighted by molar-refractivity contribution is 5.99. The molecule has 0 saturated heterocycles. The molecule has 0 radical (unpaired) electrons. The summed E-state index contributed by atoms with van der Waals surface area (Å²) in [4.78, 5) is 11.3. The summed E-state index contributed by atoms with van der Waals surface area (Å²) in [5, 5.41) is 0. The predicted molar refractivity (Wildman–Crippen MR) is 55.5 cm³/mol. The summed E-state index contributed by atoms with van der Waals surface area (Å²) in [6.07, 6.45) is 5.13. The number of carbonyl (C=O) groups is 1. The summed E-state index contributed by atoms with van der Waals surface area (Å²) in [5.41, 5.74) is 4.46. The van der Waals surface area contributed by atoms with Crippen LogP contribution in [0.15, 0.2) is 34.4 Å². The average molecular weight is 176 g/mol. The first kappa shape index (κ1) is 9.97. The zero-order chi connectivity index (χ0) is 10.0. The fraction of sp³-hybridized carbons (Fsp3) is 0.417. The molecule has 0 N–H and O–H groups in total. The van der Waals surface area contributed by atoms with Crippen molar-refractivity contribution < 1.29 is 4.79 Å². The van der Waals surface area contributed by atoms with Gasteiger partial charge in [0, 0.05) is 5.57 Å². The van der Waals surface area contributed by atoms with E-state index in [0.717, 1.165) is 17.6 Å². The third-order valence-corrected chi connectivity index (χ3v) is 2.16. The van der Waals surface area contributed by atoms with E-state index in [-0.39, 0.29) is 5.78 Å². The lowest BCUT2D eigenvalue weighted by Crippen LogP contribution is -1.97. The Bertz CT molecular complexity index is 323. The van der Waals surface area contributed by atoms with E-state index in [9.17, 15) is 4.79 Å². The quantitative estimate of drug-likeness (QED) is 0.631. The zero-order valence-electron chi connectivity index (χ0n) is 8.77. The highest BCUT2D eigenvalue weighted by Gasteiger charge is 2.16. The summed E-state index contributed by atoms with van der Waals surface area (Å²) in [6, 6.07) is 0. The van der Waals surface area contributed by atoms with Gasteiger partial charge in [-0.05, 0) is 45.3 Å². The van der Waals surface area contributed by atoms with Crippen LogP contribution in [0.1, 0.15) is 34.1 Å². The topological polar surface area (TPSA) is 17.1 Å². The average Bonchev–Trinajstić information content (AvgIpc) is 2.30. The Kier molecular flexibility index (Phi) is 2.86. The number of carbonyl (C=O) groups excluding carboxylic acids is 1. The second kappa shape index (κ2) is 3.73.